The third-order valence-corrected chi connectivity index (χ3v) is 32.4. The van der Waals surface area contributed by atoms with Crippen LogP contribution >= 0.6 is 0 Å². The third kappa shape index (κ3) is 16.3. The molecule has 12 rings (SSSR count). The molecule has 0 atom stereocenters. The van der Waals surface area contributed by atoms with Crippen molar-refractivity contribution in [1.29, 1.82) is 0 Å². The van der Waals surface area contributed by atoms with Crippen LogP contribution < -0.4 is 0 Å². The minimum Gasteiger partial charge on any atom is -0.0447 e. The normalized spacial score (nSPS) is 11.2. The molecule has 0 fully saturated rings. The lowest BCUT2D eigenvalue weighted by Gasteiger charge is -2.24. The lowest BCUT2D eigenvalue weighted by molar-refractivity contribution is 1.13. The number of hydrogen-bond donors (Lipinski definition) is 0. The van der Waals surface area contributed by atoms with Crippen molar-refractivity contribution in [3.63, 3.8) is 0 Å². The predicted octanol–water partition coefficient (Wildman–Crippen LogP) is 33.6. The van der Waals surface area contributed by atoms with E-state index < -0.39 is 0 Å². The molecule has 0 unspecified atom stereocenters. The molecule has 0 bridgehead atoms. The molecule has 12 aromatic rings. The number of rotatable bonds is 0. The van der Waals surface area contributed by atoms with E-state index in [2.05, 4.69) is 360 Å². The van der Waals surface area contributed by atoms with Gasteiger partial charge in [-0.15, -0.1) is 0 Å². The van der Waals surface area contributed by atoms with Crippen molar-refractivity contribution in [2.75, 3.05) is 0 Å². The van der Waals surface area contributed by atoms with Crippen molar-refractivity contribution >= 4 is 53.9 Å². The molecule has 0 aliphatic rings. The number of hydrogen-bond acceptors (Lipinski definition) is 0. The SMILES string of the molecule is Cc1c(C)c(C)c(C)c(C)c1C.Cc1c(C)c(C)c(C)c(C)c1C.Cc1c(C)c(C)c(C)c(C)c1C.Cc1c(C)c(C)c2c(C)c(C)c(C)c(C)c2c1C.Cc1c(C)c(C)c2c(C)c(C)c(C)c(C)c2c1C.Cc1c(C)c(C)c2c(C)c(C)c(C)c(C)c2c1C.Cc1c(C)c(C)c2c(c1C)c(C)c(C)c1c(C)c(C)c(C)c(C)c12. The second-order valence-corrected chi connectivity index (χ2v) is 36.2. The molecule has 0 aromatic heterocycles. The molecule has 0 saturated heterocycles. The molecule has 0 spiro atoms. The average molecular weight is 1530 g/mol. The minimum atomic E-state index is 1.44. The van der Waals surface area contributed by atoms with Crippen molar-refractivity contribution in [3.8, 4) is 0 Å². The van der Waals surface area contributed by atoms with Crippen LogP contribution in [0.3, 0.4) is 0 Å². The second kappa shape index (κ2) is 35.8. The Balaban J connectivity index is 0.000000210. The van der Waals surface area contributed by atoms with E-state index in [9.17, 15) is 0 Å². The summed E-state index contributed by atoms with van der Waals surface area (Å²) in [7, 11) is 0. The summed E-state index contributed by atoms with van der Waals surface area (Å²) in [5, 5.41) is 14.8. The van der Waals surface area contributed by atoms with Gasteiger partial charge < -0.3 is 0 Å². The molecule has 0 amide bonds. The fourth-order valence-electron chi connectivity index (χ4n) is 19.2. The van der Waals surface area contributed by atoms with Gasteiger partial charge in [0.05, 0.1) is 0 Å². The van der Waals surface area contributed by atoms with Crippen LogP contribution in [-0.4, -0.2) is 0 Å². The first-order chi connectivity index (χ1) is 52.4. The van der Waals surface area contributed by atoms with E-state index in [1.807, 2.05) is 0 Å². The maximum absolute atomic E-state index is 2.31. The Morgan fingerprint density at radius 2 is 0.0789 bits per heavy atom. The van der Waals surface area contributed by atoms with E-state index in [4.69, 9.17) is 0 Å². The quantitative estimate of drug-likeness (QED) is 0.133. The van der Waals surface area contributed by atoms with Crippen LogP contribution in [0.4, 0.5) is 0 Å². The van der Waals surface area contributed by atoms with Crippen molar-refractivity contribution in [3.05, 3.63) is 289 Å². The van der Waals surface area contributed by atoms with Gasteiger partial charge in [-0.05, 0) is 703 Å². The van der Waals surface area contributed by atoms with Gasteiger partial charge in [0, 0.05) is 0 Å². The largest absolute Gasteiger partial charge is 0.0447 e. The van der Waals surface area contributed by atoms with Gasteiger partial charge in [-0.3, -0.25) is 0 Å². The van der Waals surface area contributed by atoms with Gasteiger partial charge in [0.15, 0.2) is 0 Å². The van der Waals surface area contributed by atoms with Gasteiger partial charge in [-0.2, -0.15) is 0 Å². The van der Waals surface area contributed by atoms with E-state index in [-0.39, 0.29) is 0 Å². The van der Waals surface area contributed by atoms with Gasteiger partial charge in [0.2, 0.25) is 0 Å². The van der Waals surface area contributed by atoms with Crippen LogP contribution in [0, 0.1) is 360 Å². The van der Waals surface area contributed by atoms with E-state index in [0.717, 1.165) is 0 Å². The molecule has 0 nitrogen and oxygen atoms in total. The molecule has 0 heteroatoms. The van der Waals surface area contributed by atoms with E-state index >= 15 is 0 Å². The molecular weight excluding hydrogens is 1370 g/mol. The Bertz CT molecular complexity index is 4770. The molecule has 0 heterocycles. The highest BCUT2D eigenvalue weighted by molar-refractivity contribution is 6.16. The first kappa shape index (κ1) is 94.8. The summed E-state index contributed by atoms with van der Waals surface area (Å²) in [4.78, 5) is 0. The van der Waals surface area contributed by atoms with E-state index in [1.54, 1.807) is 0 Å². The molecule has 12 aromatic carbocycles. The Labute approximate surface area is 698 Å². The van der Waals surface area contributed by atoms with Crippen molar-refractivity contribution in [1.82, 2.24) is 0 Å². The van der Waals surface area contributed by atoms with E-state index in [1.165, 1.54) is 343 Å². The first-order valence-corrected chi connectivity index (χ1v) is 42.8. The third-order valence-electron chi connectivity index (χ3n) is 32.4. The molecule has 0 N–H and O–H groups in total. The summed E-state index contributed by atoms with van der Waals surface area (Å²) in [5.74, 6) is 0. The van der Waals surface area contributed by atoms with Crippen molar-refractivity contribution in [2.45, 2.75) is 360 Å². The number of benzene rings is 12. The highest BCUT2D eigenvalue weighted by Gasteiger charge is 2.24. The topological polar surface area (TPSA) is 0 Å². The van der Waals surface area contributed by atoms with Gasteiger partial charge in [-0.25, -0.2) is 0 Å². The first-order valence-electron chi connectivity index (χ1n) is 42.8. The Morgan fingerprint density at radius 1 is 0.0439 bits per heavy atom. The monoisotopic (exact) mass is 1530 g/mol. The molecular formula is C114H156. The summed E-state index contributed by atoms with van der Waals surface area (Å²) in [6.07, 6.45) is 0. The summed E-state index contributed by atoms with van der Waals surface area (Å²) >= 11 is 0. The molecule has 0 aliphatic heterocycles. The fourth-order valence-corrected chi connectivity index (χ4v) is 19.2. The maximum atomic E-state index is 2.31. The molecule has 0 saturated carbocycles. The maximum Gasteiger partial charge on any atom is -0.00649 e. The summed E-state index contributed by atoms with van der Waals surface area (Å²) in [5.41, 5.74) is 75.5. The lowest BCUT2D eigenvalue weighted by Crippen LogP contribution is -2.03. The van der Waals surface area contributed by atoms with Crippen LogP contribution in [0.25, 0.3) is 53.9 Å². The van der Waals surface area contributed by atoms with Crippen molar-refractivity contribution < 1.29 is 0 Å². The smallest absolute Gasteiger partial charge is 0.00649 e. The van der Waals surface area contributed by atoms with Gasteiger partial charge in [0.1, 0.15) is 0 Å². The van der Waals surface area contributed by atoms with Crippen LogP contribution in [0.5, 0.6) is 0 Å². The zero-order valence-electron chi connectivity index (χ0n) is 83.0. The van der Waals surface area contributed by atoms with Crippen LogP contribution in [0.1, 0.15) is 289 Å². The Kier molecular flexibility index (Phi) is 29.8. The summed E-state index contributed by atoms with van der Waals surface area (Å²) in [6, 6.07) is 0. The van der Waals surface area contributed by atoms with Gasteiger partial charge >= 0.3 is 0 Å². The highest BCUT2D eigenvalue weighted by Crippen LogP contribution is 2.45. The summed E-state index contributed by atoms with van der Waals surface area (Å²) < 4.78 is 0. The van der Waals surface area contributed by atoms with Crippen LogP contribution in [0.2, 0.25) is 0 Å². The molecule has 114 heavy (non-hydrogen) atoms. The highest BCUT2D eigenvalue weighted by atomic mass is 14.3. The standard InChI is InChI=1S/C24H30.3C18H24.3C12H18/c1-11-13(3)17(7)23-21(15(11)5)19(9)20(10)22-16(6)12(2)14(4)18(8)24(22)23;3*1-9-10(2)14(6)18-16(8)12(4)11(3)15(7)17(18)13(9)5;3*1-7-8(2)10(4)12(6)11(5)9(7)3/h1-10H3;3*1-8H3;3*1-6H3. The molecule has 612 valence electrons. The molecule has 0 aliphatic carbocycles. The van der Waals surface area contributed by atoms with Gasteiger partial charge in [0.25, 0.3) is 0 Å². The van der Waals surface area contributed by atoms with E-state index in [0.29, 0.717) is 0 Å². The van der Waals surface area contributed by atoms with Crippen LogP contribution in [0.15, 0.2) is 0 Å². The van der Waals surface area contributed by atoms with Gasteiger partial charge in [-0.1, -0.05) is 0 Å². The summed E-state index contributed by atoms with van der Waals surface area (Å²) in [6.45, 7) is 117. The predicted molar refractivity (Wildman–Crippen MR) is 519 cm³/mol. The minimum absolute atomic E-state index is 1.44. The number of aryl methyl sites for hydroxylation is 18. The zero-order chi connectivity index (χ0) is 87.8. The van der Waals surface area contributed by atoms with Crippen LogP contribution in [-0.2, 0) is 0 Å². The Hall–Kier alpha value is -8.06. The average Bonchev–Trinajstić information content (AvgIpc) is 0.694. The number of fused-ring (bicyclic) bond motifs is 6. The lowest BCUT2D eigenvalue weighted by atomic mass is 9.80. The second-order valence-electron chi connectivity index (χ2n) is 36.2. The Morgan fingerprint density at radius 3 is 0.149 bits per heavy atom. The molecule has 0 radical (unpaired) electrons. The zero-order valence-corrected chi connectivity index (χ0v) is 83.0. The van der Waals surface area contributed by atoms with Crippen molar-refractivity contribution in [2.24, 2.45) is 0 Å². The fraction of sp³-hybridized carbons (Fsp3) is 0.456.